The van der Waals surface area contributed by atoms with Gasteiger partial charge < -0.3 is 20.1 Å². The van der Waals surface area contributed by atoms with Gasteiger partial charge in [-0.05, 0) is 25.0 Å². The van der Waals surface area contributed by atoms with Crippen molar-refractivity contribution in [2.24, 2.45) is 5.92 Å². The second-order valence-electron chi connectivity index (χ2n) is 7.14. The number of carbonyl (C=O) groups excluding carboxylic acids is 1. The fraction of sp³-hybridized carbons (Fsp3) is 0.500. The highest BCUT2D eigenvalue weighted by molar-refractivity contribution is 5.86. The quantitative estimate of drug-likeness (QED) is 0.909. The van der Waals surface area contributed by atoms with Gasteiger partial charge in [0.25, 0.3) is 0 Å². The number of methoxy groups -OCH3 is 2. The molecule has 140 valence electrons. The van der Waals surface area contributed by atoms with E-state index in [1.807, 2.05) is 36.9 Å². The van der Waals surface area contributed by atoms with Crippen LogP contribution < -0.4 is 15.2 Å². The van der Waals surface area contributed by atoms with Crippen LogP contribution in [0.4, 0.5) is 5.69 Å². The minimum atomic E-state index is 0.00684. The van der Waals surface area contributed by atoms with Crippen LogP contribution in [0.1, 0.15) is 38.3 Å². The monoisotopic (exact) mass is 357 g/mol. The lowest BCUT2D eigenvalue weighted by atomic mass is 9.92. The number of nitrogens with zero attached hydrogens (tertiary/aromatic N) is 2. The van der Waals surface area contributed by atoms with Crippen molar-refractivity contribution in [3.63, 3.8) is 0 Å². The number of piperidine rings is 1. The van der Waals surface area contributed by atoms with Crippen molar-refractivity contribution < 1.29 is 14.3 Å². The molecule has 2 aromatic rings. The lowest BCUT2D eigenvalue weighted by molar-refractivity contribution is -0.135. The van der Waals surface area contributed by atoms with Gasteiger partial charge in [0.05, 0.1) is 31.1 Å². The summed E-state index contributed by atoms with van der Waals surface area (Å²) in [5, 5.41) is 0.912. The maximum atomic E-state index is 12.4. The van der Waals surface area contributed by atoms with Gasteiger partial charge in [0, 0.05) is 36.4 Å². The summed E-state index contributed by atoms with van der Waals surface area (Å²) in [5.74, 6) is 1.65. The van der Waals surface area contributed by atoms with Crippen molar-refractivity contribution >= 4 is 22.5 Å². The summed E-state index contributed by atoms with van der Waals surface area (Å²) in [6.07, 6.45) is 1.95. The van der Waals surface area contributed by atoms with Gasteiger partial charge >= 0.3 is 0 Å². The summed E-state index contributed by atoms with van der Waals surface area (Å²) in [7, 11) is 3.22. The first-order chi connectivity index (χ1) is 12.4. The summed E-state index contributed by atoms with van der Waals surface area (Å²) in [6, 6.07) is 5.69. The summed E-state index contributed by atoms with van der Waals surface area (Å²) in [4.78, 5) is 19.1. The molecular weight excluding hydrogens is 330 g/mol. The molecule has 0 spiro atoms. The van der Waals surface area contributed by atoms with E-state index in [1.54, 1.807) is 14.2 Å². The topological polar surface area (TPSA) is 77.7 Å². The molecule has 0 unspecified atom stereocenters. The fourth-order valence-corrected chi connectivity index (χ4v) is 3.62. The number of amides is 1. The molecule has 0 saturated carbocycles. The van der Waals surface area contributed by atoms with E-state index in [0.717, 1.165) is 36.0 Å². The Morgan fingerprint density at radius 2 is 1.92 bits per heavy atom. The summed E-state index contributed by atoms with van der Waals surface area (Å²) in [5.41, 5.74) is 8.67. The summed E-state index contributed by atoms with van der Waals surface area (Å²) < 4.78 is 10.7. The molecule has 1 aromatic heterocycles. The molecule has 1 amide bonds. The van der Waals surface area contributed by atoms with E-state index >= 15 is 0 Å². The third-order valence-electron chi connectivity index (χ3n) is 4.99. The molecule has 2 heterocycles. The molecule has 2 N–H and O–H groups in total. The van der Waals surface area contributed by atoms with Crippen LogP contribution in [0.2, 0.25) is 0 Å². The van der Waals surface area contributed by atoms with Gasteiger partial charge in [-0.3, -0.25) is 9.78 Å². The number of ether oxygens (including phenoxy) is 2. The maximum absolute atomic E-state index is 12.4. The van der Waals surface area contributed by atoms with E-state index in [4.69, 9.17) is 20.2 Å². The van der Waals surface area contributed by atoms with Crippen LogP contribution in [-0.4, -0.2) is 43.1 Å². The number of fused-ring (bicyclic) bond motifs is 1. The first kappa shape index (κ1) is 18.3. The second-order valence-corrected chi connectivity index (χ2v) is 7.14. The number of rotatable bonds is 4. The van der Waals surface area contributed by atoms with Gasteiger partial charge in [0.2, 0.25) is 5.91 Å². The van der Waals surface area contributed by atoms with E-state index < -0.39 is 0 Å². The van der Waals surface area contributed by atoms with Gasteiger partial charge in [-0.15, -0.1) is 0 Å². The number of pyridine rings is 1. The average Bonchev–Trinajstić information content (AvgIpc) is 2.65. The highest BCUT2D eigenvalue weighted by Crippen LogP contribution is 2.36. The molecule has 1 fully saturated rings. The molecule has 0 bridgehead atoms. The molecule has 1 aliphatic heterocycles. The highest BCUT2D eigenvalue weighted by atomic mass is 16.5. The van der Waals surface area contributed by atoms with Gasteiger partial charge in [0.15, 0.2) is 11.5 Å². The number of nitrogens with two attached hydrogens (primary N) is 1. The zero-order valence-electron chi connectivity index (χ0n) is 15.9. The van der Waals surface area contributed by atoms with Crippen molar-refractivity contribution in [1.29, 1.82) is 0 Å². The number of hydrogen-bond donors (Lipinski definition) is 1. The number of benzene rings is 1. The Morgan fingerprint density at radius 1 is 1.23 bits per heavy atom. The van der Waals surface area contributed by atoms with E-state index in [9.17, 15) is 4.79 Å². The molecule has 6 heteroatoms. The van der Waals surface area contributed by atoms with Crippen molar-refractivity contribution in [3.8, 4) is 11.5 Å². The van der Waals surface area contributed by atoms with Crippen molar-refractivity contribution in [3.05, 3.63) is 23.9 Å². The van der Waals surface area contributed by atoms with Crippen molar-refractivity contribution in [2.45, 2.75) is 32.6 Å². The molecule has 3 rings (SSSR count). The van der Waals surface area contributed by atoms with Crippen LogP contribution in [0.5, 0.6) is 11.5 Å². The van der Waals surface area contributed by atoms with Crippen LogP contribution in [0.3, 0.4) is 0 Å². The lowest BCUT2D eigenvalue weighted by Gasteiger charge is -2.34. The van der Waals surface area contributed by atoms with Gasteiger partial charge in [0.1, 0.15) is 0 Å². The molecule has 26 heavy (non-hydrogen) atoms. The predicted octanol–water partition coefficient (Wildman–Crippen LogP) is 3.20. The van der Waals surface area contributed by atoms with E-state index in [-0.39, 0.29) is 17.7 Å². The number of anilines is 1. The van der Waals surface area contributed by atoms with Crippen molar-refractivity contribution in [2.75, 3.05) is 33.0 Å². The Hall–Kier alpha value is -2.50. The van der Waals surface area contributed by atoms with Gasteiger partial charge in [-0.25, -0.2) is 0 Å². The first-order valence-electron chi connectivity index (χ1n) is 9.05. The second kappa shape index (κ2) is 7.40. The largest absolute Gasteiger partial charge is 0.493 e. The zero-order valence-corrected chi connectivity index (χ0v) is 15.9. The normalized spacial score (nSPS) is 17.6. The SMILES string of the molecule is COc1cc2cc(N)c([C@H]3CCCN(C(=O)C(C)C)C3)nc2cc1OC. The van der Waals surface area contributed by atoms with Gasteiger partial charge in [-0.2, -0.15) is 0 Å². The number of likely N-dealkylation sites (tertiary alicyclic amines) is 1. The predicted molar refractivity (Wildman–Crippen MR) is 103 cm³/mol. The highest BCUT2D eigenvalue weighted by Gasteiger charge is 2.28. The Bertz CT molecular complexity index is 820. The van der Waals surface area contributed by atoms with Crippen LogP contribution in [-0.2, 0) is 4.79 Å². The smallest absolute Gasteiger partial charge is 0.225 e. The Labute approximate surface area is 154 Å². The first-order valence-corrected chi connectivity index (χ1v) is 9.05. The average molecular weight is 357 g/mol. The van der Waals surface area contributed by atoms with E-state index in [1.165, 1.54) is 0 Å². The molecule has 1 saturated heterocycles. The number of carbonyl (C=O) groups is 1. The van der Waals surface area contributed by atoms with Crippen LogP contribution >= 0.6 is 0 Å². The lowest BCUT2D eigenvalue weighted by Crippen LogP contribution is -2.41. The summed E-state index contributed by atoms with van der Waals surface area (Å²) >= 11 is 0. The fourth-order valence-electron chi connectivity index (χ4n) is 3.62. The van der Waals surface area contributed by atoms with Gasteiger partial charge in [-0.1, -0.05) is 13.8 Å². The third kappa shape index (κ3) is 3.41. The minimum Gasteiger partial charge on any atom is -0.493 e. The van der Waals surface area contributed by atoms with Crippen LogP contribution in [0, 0.1) is 5.92 Å². The Morgan fingerprint density at radius 3 is 2.58 bits per heavy atom. The molecule has 6 nitrogen and oxygen atoms in total. The Balaban J connectivity index is 1.96. The van der Waals surface area contributed by atoms with E-state index in [0.29, 0.717) is 23.7 Å². The molecule has 0 radical (unpaired) electrons. The number of aromatic nitrogens is 1. The zero-order chi connectivity index (χ0) is 18.8. The molecule has 1 atom stereocenters. The molecular formula is C20H27N3O3. The maximum Gasteiger partial charge on any atom is 0.225 e. The minimum absolute atomic E-state index is 0.00684. The third-order valence-corrected chi connectivity index (χ3v) is 4.99. The van der Waals surface area contributed by atoms with Crippen LogP contribution in [0.15, 0.2) is 18.2 Å². The van der Waals surface area contributed by atoms with Crippen molar-refractivity contribution in [1.82, 2.24) is 9.88 Å². The van der Waals surface area contributed by atoms with Crippen LogP contribution in [0.25, 0.3) is 10.9 Å². The number of nitrogen functional groups attached to an aromatic ring is 1. The number of hydrogen-bond acceptors (Lipinski definition) is 5. The molecule has 1 aromatic carbocycles. The van der Waals surface area contributed by atoms with E-state index in [2.05, 4.69) is 0 Å². The standard InChI is InChI=1S/C20H27N3O3/c1-12(2)20(24)23-7-5-6-13(11-23)19-15(21)8-14-9-17(25-3)18(26-4)10-16(14)22-19/h8-10,12-13H,5-7,11,21H2,1-4H3/t13-/m0/s1. The summed E-state index contributed by atoms with van der Waals surface area (Å²) in [6.45, 7) is 5.36. The molecule has 0 aliphatic carbocycles. The molecule has 1 aliphatic rings. The Kier molecular flexibility index (Phi) is 5.20.